The summed E-state index contributed by atoms with van der Waals surface area (Å²) in [5.74, 6) is 0.748. The SMILES string of the molecule is CC(=N)CNc1cc(-c2ccc(C#N)cc2C)ccn1. The number of benzene rings is 1. The van der Waals surface area contributed by atoms with Gasteiger partial charge in [-0.05, 0) is 54.8 Å². The van der Waals surface area contributed by atoms with Crippen molar-refractivity contribution in [3.63, 3.8) is 0 Å². The molecule has 0 saturated heterocycles. The summed E-state index contributed by atoms with van der Waals surface area (Å²) in [7, 11) is 0. The summed E-state index contributed by atoms with van der Waals surface area (Å²) in [5.41, 5.74) is 4.42. The van der Waals surface area contributed by atoms with E-state index in [1.54, 1.807) is 13.1 Å². The molecule has 0 bridgehead atoms. The van der Waals surface area contributed by atoms with Gasteiger partial charge in [0.05, 0.1) is 18.2 Å². The molecule has 0 fully saturated rings. The second kappa shape index (κ2) is 5.98. The first-order valence-electron chi connectivity index (χ1n) is 6.35. The van der Waals surface area contributed by atoms with E-state index in [9.17, 15) is 0 Å². The molecule has 0 saturated carbocycles. The quantitative estimate of drug-likeness (QED) is 0.831. The van der Waals surface area contributed by atoms with Crippen molar-refractivity contribution in [1.82, 2.24) is 4.98 Å². The second-order valence-corrected chi connectivity index (χ2v) is 4.71. The average molecular weight is 264 g/mol. The third kappa shape index (κ3) is 3.21. The highest BCUT2D eigenvalue weighted by molar-refractivity contribution is 5.83. The minimum atomic E-state index is 0.489. The minimum Gasteiger partial charge on any atom is -0.365 e. The zero-order chi connectivity index (χ0) is 14.5. The summed E-state index contributed by atoms with van der Waals surface area (Å²) in [6, 6.07) is 11.7. The molecule has 1 aromatic heterocycles. The van der Waals surface area contributed by atoms with Gasteiger partial charge in [0.2, 0.25) is 0 Å². The fourth-order valence-corrected chi connectivity index (χ4v) is 1.98. The van der Waals surface area contributed by atoms with Gasteiger partial charge in [-0.25, -0.2) is 4.98 Å². The summed E-state index contributed by atoms with van der Waals surface area (Å²) < 4.78 is 0. The Balaban J connectivity index is 2.31. The molecule has 20 heavy (non-hydrogen) atoms. The number of nitrogens with zero attached hydrogens (tertiary/aromatic N) is 2. The van der Waals surface area contributed by atoms with Gasteiger partial charge in [-0.1, -0.05) is 6.07 Å². The largest absolute Gasteiger partial charge is 0.365 e. The van der Waals surface area contributed by atoms with E-state index in [-0.39, 0.29) is 0 Å². The van der Waals surface area contributed by atoms with Gasteiger partial charge in [0.15, 0.2) is 0 Å². The van der Waals surface area contributed by atoms with Gasteiger partial charge in [-0.3, -0.25) is 0 Å². The molecule has 2 rings (SSSR count). The van der Waals surface area contributed by atoms with Crippen LogP contribution in [0.25, 0.3) is 11.1 Å². The van der Waals surface area contributed by atoms with E-state index in [0.29, 0.717) is 17.8 Å². The lowest BCUT2D eigenvalue weighted by molar-refractivity contribution is 1.23. The van der Waals surface area contributed by atoms with E-state index in [4.69, 9.17) is 10.7 Å². The second-order valence-electron chi connectivity index (χ2n) is 4.71. The molecule has 0 spiro atoms. The first-order valence-corrected chi connectivity index (χ1v) is 6.35. The summed E-state index contributed by atoms with van der Waals surface area (Å²) in [4.78, 5) is 4.24. The Morgan fingerprint density at radius 3 is 2.80 bits per heavy atom. The number of hydrogen-bond donors (Lipinski definition) is 2. The lowest BCUT2D eigenvalue weighted by atomic mass is 9.99. The molecule has 100 valence electrons. The van der Waals surface area contributed by atoms with Crippen LogP contribution in [0.4, 0.5) is 5.82 Å². The van der Waals surface area contributed by atoms with Crippen molar-refractivity contribution in [1.29, 1.82) is 10.7 Å². The molecule has 0 atom stereocenters. The Labute approximate surface area is 118 Å². The van der Waals surface area contributed by atoms with Gasteiger partial charge in [0.25, 0.3) is 0 Å². The standard InChI is InChI=1S/C16H16N4/c1-11-7-13(9-17)3-4-15(11)14-5-6-19-16(8-14)20-10-12(2)18/h3-8,18H,10H2,1-2H3,(H,19,20). The Hall–Kier alpha value is -2.67. The molecule has 0 aliphatic rings. The smallest absolute Gasteiger partial charge is 0.126 e. The molecule has 4 heteroatoms. The third-order valence-electron chi connectivity index (χ3n) is 2.96. The molecule has 0 aliphatic heterocycles. The fourth-order valence-electron chi connectivity index (χ4n) is 1.98. The molecule has 0 unspecified atom stereocenters. The highest BCUT2D eigenvalue weighted by Crippen LogP contribution is 2.25. The van der Waals surface area contributed by atoms with E-state index in [0.717, 1.165) is 22.5 Å². The molecular weight excluding hydrogens is 248 g/mol. The summed E-state index contributed by atoms with van der Waals surface area (Å²) in [6.07, 6.45) is 1.74. The van der Waals surface area contributed by atoms with Crippen molar-refractivity contribution in [2.75, 3.05) is 11.9 Å². The number of nitriles is 1. The van der Waals surface area contributed by atoms with Crippen LogP contribution in [0, 0.1) is 23.7 Å². The fraction of sp³-hybridized carbons (Fsp3) is 0.188. The molecule has 4 nitrogen and oxygen atoms in total. The van der Waals surface area contributed by atoms with E-state index >= 15 is 0 Å². The molecule has 1 heterocycles. The first-order chi connectivity index (χ1) is 9.60. The highest BCUT2D eigenvalue weighted by Gasteiger charge is 2.04. The van der Waals surface area contributed by atoms with Gasteiger partial charge in [-0.15, -0.1) is 0 Å². The summed E-state index contributed by atoms with van der Waals surface area (Å²) in [5, 5.41) is 19.4. The average Bonchev–Trinajstić information content (AvgIpc) is 2.45. The van der Waals surface area contributed by atoms with Gasteiger partial charge in [-0.2, -0.15) is 5.26 Å². The molecule has 0 radical (unpaired) electrons. The van der Waals surface area contributed by atoms with Crippen molar-refractivity contribution in [3.05, 3.63) is 47.7 Å². The van der Waals surface area contributed by atoms with Gasteiger partial charge < -0.3 is 10.7 Å². The molecule has 0 aliphatic carbocycles. The zero-order valence-corrected chi connectivity index (χ0v) is 11.6. The number of nitrogens with one attached hydrogen (secondary N) is 2. The molecule has 1 aromatic carbocycles. The maximum absolute atomic E-state index is 8.90. The van der Waals surface area contributed by atoms with Crippen molar-refractivity contribution in [2.24, 2.45) is 0 Å². The number of aryl methyl sites for hydroxylation is 1. The van der Waals surface area contributed by atoms with Crippen molar-refractivity contribution < 1.29 is 0 Å². The number of anilines is 1. The van der Waals surface area contributed by atoms with Crippen LogP contribution in [0.15, 0.2) is 36.5 Å². The maximum atomic E-state index is 8.90. The Morgan fingerprint density at radius 1 is 1.35 bits per heavy atom. The predicted molar refractivity (Wildman–Crippen MR) is 81.0 cm³/mol. The van der Waals surface area contributed by atoms with Crippen LogP contribution in [-0.4, -0.2) is 17.2 Å². The van der Waals surface area contributed by atoms with Crippen LogP contribution in [0.5, 0.6) is 0 Å². The number of rotatable bonds is 4. The molecule has 2 N–H and O–H groups in total. The molecular formula is C16H16N4. The predicted octanol–water partition coefficient (Wildman–Crippen LogP) is 3.38. The van der Waals surface area contributed by atoms with Gasteiger partial charge >= 0.3 is 0 Å². The van der Waals surface area contributed by atoms with E-state index < -0.39 is 0 Å². The summed E-state index contributed by atoms with van der Waals surface area (Å²) >= 11 is 0. The molecule has 0 amide bonds. The van der Waals surface area contributed by atoms with Crippen LogP contribution in [0.3, 0.4) is 0 Å². The van der Waals surface area contributed by atoms with E-state index in [1.165, 1.54) is 0 Å². The summed E-state index contributed by atoms with van der Waals surface area (Å²) in [6.45, 7) is 4.23. The number of aromatic nitrogens is 1. The Kier molecular flexibility index (Phi) is 4.11. The first kappa shape index (κ1) is 13.8. The third-order valence-corrected chi connectivity index (χ3v) is 2.96. The van der Waals surface area contributed by atoms with Crippen molar-refractivity contribution in [3.8, 4) is 17.2 Å². The molecule has 2 aromatic rings. The van der Waals surface area contributed by atoms with Crippen LogP contribution in [0.1, 0.15) is 18.1 Å². The van der Waals surface area contributed by atoms with E-state index in [2.05, 4.69) is 16.4 Å². The van der Waals surface area contributed by atoms with E-state index in [1.807, 2.05) is 37.3 Å². The van der Waals surface area contributed by atoms with Crippen molar-refractivity contribution >= 4 is 11.5 Å². The van der Waals surface area contributed by atoms with Crippen LogP contribution in [-0.2, 0) is 0 Å². The van der Waals surface area contributed by atoms with Gasteiger partial charge in [0, 0.05) is 11.9 Å². The zero-order valence-electron chi connectivity index (χ0n) is 11.6. The monoisotopic (exact) mass is 264 g/mol. The van der Waals surface area contributed by atoms with Crippen LogP contribution < -0.4 is 5.32 Å². The Morgan fingerprint density at radius 2 is 2.15 bits per heavy atom. The highest BCUT2D eigenvalue weighted by atomic mass is 15.0. The lowest BCUT2D eigenvalue weighted by Gasteiger charge is -2.09. The number of hydrogen-bond acceptors (Lipinski definition) is 4. The van der Waals surface area contributed by atoms with Gasteiger partial charge in [0.1, 0.15) is 5.82 Å². The van der Waals surface area contributed by atoms with Crippen LogP contribution >= 0.6 is 0 Å². The Bertz CT molecular complexity index is 683. The normalized spacial score (nSPS) is 9.85. The lowest BCUT2D eigenvalue weighted by Crippen LogP contribution is -2.10. The topological polar surface area (TPSA) is 72.6 Å². The maximum Gasteiger partial charge on any atom is 0.126 e. The number of pyridine rings is 1. The minimum absolute atomic E-state index is 0.489. The van der Waals surface area contributed by atoms with Crippen LogP contribution in [0.2, 0.25) is 0 Å². The van der Waals surface area contributed by atoms with Crippen molar-refractivity contribution in [2.45, 2.75) is 13.8 Å².